The minimum absolute atomic E-state index is 0.0790. The molecular weight excluding hydrogens is 176 g/mol. The Morgan fingerprint density at radius 2 is 2.08 bits per heavy atom. The molecule has 0 aliphatic heterocycles. The molecule has 1 N–H and O–H groups in total. The normalized spacial score (nSPS) is 10.1. The zero-order chi connectivity index (χ0) is 10.0. The Morgan fingerprint density at radius 1 is 1.46 bits per heavy atom. The van der Waals surface area contributed by atoms with Crippen LogP contribution in [0.25, 0.3) is 0 Å². The number of phenols is 1. The van der Waals surface area contributed by atoms with Crippen molar-refractivity contribution in [2.45, 2.75) is 13.3 Å². The number of halogens is 2. The Morgan fingerprint density at radius 3 is 2.54 bits per heavy atom. The second-order valence-corrected chi connectivity index (χ2v) is 2.63. The Hall–Kier alpha value is -1.63. The predicted molar refractivity (Wildman–Crippen MR) is 42.5 cm³/mol. The van der Waals surface area contributed by atoms with Crippen LogP contribution in [0.4, 0.5) is 8.78 Å². The van der Waals surface area contributed by atoms with Crippen LogP contribution in [-0.2, 0) is 0 Å². The van der Waals surface area contributed by atoms with E-state index in [1.165, 1.54) is 6.92 Å². The molecule has 0 aromatic heterocycles. The van der Waals surface area contributed by atoms with E-state index >= 15 is 0 Å². The monoisotopic (exact) mass is 183 g/mol. The summed E-state index contributed by atoms with van der Waals surface area (Å²) in [6.07, 6.45) is -2.67. The lowest BCUT2D eigenvalue weighted by Crippen LogP contribution is -1.89. The van der Waals surface area contributed by atoms with Crippen LogP contribution in [0.3, 0.4) is 0 Å². The number of benzene rings is 1. The number of alkyl halides is 2. The maximum atomic E-state index is 12.2. The number of hydrogen-bond donors (Lipinski definition) is 1. The van der Waals surface area contributed by atoms with Gasteiger partial charge >= 0.3 is 0 Å². The van der Waals surface area contributed by atoms with Crippen molar-refractivity contribution in [3.8, 4) is 11.8 Å². The molecule has 0 amide bonds. The largest absolute Gasteiger partial charge is 0.508 e. The van der Waals surface area contributed by atoms with Crippen molar-refractivity contribution in [1.29, 1.82) is 5.26 Å². The predicted octanol–water partition coefficient (Wildman–Crippen LogP) is 2.51. The Bertz CT molecular complexity index is 369. The lowest BCUT2D eigenvalue weighted by Gasteiger charge is -2.04. The standard InChI is InChI=1S/C9H7F2NO/c1-5-7(4-12)2-6(9(10)11)3-8(5)13/h2-3,9,13H,1H3. The highest BCUT2D eigenvalue weighted by molar-refractivity contribution is 5.48. The maximum absolute atomic E-state index is 12.2. The number of phenolic OH excluding ortho intramolecular Hbond substituents is 1. The van der Waals surface area contributed by atoms with Crippen molar-refractivity contribution in [3.63, 3.8) is 0 Å². The van der Waals surface area contributed by atoms with Crippen LogP contribution in [0.2, 0.25) is 0 Å². The fraction of sp³-hybridized carbons (Fsp3) is 0.222. The Kier molecular flexibility index (Phi) is 2.47. The molecule has 0 aliphatic carbocycles. The van der Waals surface area contributed by atoms with E-state index in [4.69, 9.17) is 5.26 Å². The van der Waals surface area contributed by atoms with Gasteiger partial charge in [0.25, 0.3) is 6.43 Å². The fourth-order valence-corrected chi connectivity index (χ4v) is 0.963. The molecule has 0 radical (unpaired) electrons. The minimum Gasteiger partial charge on any atom is -0.508 e. The van der Waals surface area contributed by atoms with Crippen LogP contribution in [0, 0.1) is 18.3 Å². The topological polar surface area (TPSA) is 44.0 Å². The molecule has 1 aromatic rings. The van der Waals surface area contributed by atoms with E-state index in [-0.39, 0.29) is 16.9 Å². The highest BCUT2D eigenvalue weighted by atomic mass is 19.3. The molecule has 0 aliphatic rings. The van der Waals surface area contributed by atoms with Gasteiger partial charge < -0.3 is 5.11 Å². The van der Waals surface area contributed by atoms with Gasteiger partial charge in [0.05, 0.1) is 11.6 Å². The summed E-state index contributed by atoms with van der Waals surface area (Å²) in [4.78, 5) is 0. The fourth-order valence-electron chi connectivity index (χ4n) is 0.963. The van der Waals surface area contributed by atoms with Gasteiger partial charge in [0.15, 0.2) is 0 Å². The van der Waals surface area contributed by atoms with Gasteiger partial charge in [0.2, 0.25) is 0 Å². The van der Waals surface area contributed by atoms with Crippen LogP contribution >= 0.6 is 0 Å². The highest BCUT2D eigenvalue weighted by Gasteiger charge is 2.12. The molecule has 0 saturated carbocycles. The summed E-state index contributed by atoms with van der Waals surface area (Å²) in [7, 11) is 0. The number of nitriles is 1. The van der Waals surface area contributed by atoms with E-state index in [9.17, 15) is 13.9 Å². The second-order valence-electron chi connectivity index (χ2n) is 2.63. The summed E-state index contributed by atoms with van der Waals surface area (Å²) in [5.74, 6) is -0.269. The van der Waals surface area contributed by atoms with E-state index in [0.29, 0.717) is 5.56 Å². The third-order valence-electron chi connectivity index (χ3n) is 1.78. The van der Waals surface area contributed by atoms with E-state index in [1.807, 2.05) is 0 Å². The van der Waals surface area contributed by atoms with Gasteiger partial charge in [-0.3, -0.25) is 0 Å². The van der Waals surface area contributed by atoms with Crippen molar-refractivity contribution < 1.29 is 13.9 Å². The van der Waals surface area contributed by atoms with Crippen molar-refractivity contribution in [1.82, 2.24) is 0 Å². The van der Waals surface area contributed by atoms with Gasteiger partial charge in [-0.05, 0) is 19.1 Å². The van der Waals surface area contributed by atoms with Crippen LogP contribution in [-0.4, -0.2) is 5.11 Å². The third-order valence-corrected chi connectivity index (χ3v) is 1.78. The van der Waals surface area contributed by atoms with Gasteiger partial charge in [-0.1, -0.05) is 0 Å². The molecule has 0 atom stereocenters. The van der Waals surface area contributed by atoms with Gasteiger partial charge in [0.1, 0.15) is 5.75 Å². The minimum atomic E-state index is -2.67. The Labute approximate surface area is 74.0 Å². The van der Waals surface area contributed by atoms with Gasteiger partial charge in [0, 0.05) is 11.1 Å². The molecule has 2 nitrogen and oxygen atoms in total. The molecular formula is C9H7F2NO. The third kappa shape index (κ3) is 1.75. The van der Waals surface area contributed by atoms with E-state index in [2.05, 4.69) is 0 Å². The molecule has 13 heavy (non-hydrogen) atoms. The molecule has 4 heteroatoms. The van der Waals surface area contributed by atoms with Crippen molar-refractivity contribution in [3.05, 3.63) is 28.8 Å². The number of hydrogen-bond acceptors (Lipinski definition) is 2. The van der Waals surface area contributed by atoms with Gasteiger partial charge in [-0.25, -0.2) is 8.78 Å². The van der Waals surface area contributed by atoms with Crippen molar-refractivity contribution in [2.24, 2.45) is 0 Å². The van der Waals surface area contributed by atoms with Crippen LogP contribution in [0.5, 0.6) is 5.75 Å². The molecule has 0 unspecified atom stereocenters. The van der Waals surface area contributed by atoms with Gasteiger partial charge in [-0.2, -0.15) is 5.26 Å². The first kappa shape index (κ1) is 9.46. The molecule has 1 aromatic carbocycles. The van der Waals surface area contributed by atoms with E-state index in [1.54, 1.807) is 6.07 Å². The lowest BCUT2D eigenvalue weighted by molar-refractivity contribution is 0.151. The SMILES string of the molecule is Cc1c(O)cc(C(F)F)cc1C#N. The van der Waals surface area contributed by atoms with Crippen molar-refractivity contribution in [2.75, 3.05) is 0 Å². The maximum Gasteiger partial charge on any atom is 0.264 e. The van der Waals surface area contributed by atoms with E-state index < -0.39 is 6.43 Å². The summed E-state index contributed by atoms with van der Waals surface area (Å²) in [5, 5.41) is 17.7. The lowest BCUT2D eigenvalue weighted by atomic mass is 10.1. The zero-order valence-corrected chi connectivity index (χ0v) is 6.88. The quantitative estimate of drug-likeness (QED) is 0.726. The number of rotatable bonds is 1. The molecule has 1 rings (SSSR count). The summed E-state index contributed by atoms with van der Waals surface area (Å²) < 4.78 is 24.3. The van der Waals surface area contributed by atoms with Gasteiger partial charge in [-0.15, -0.1) is 0 Å². The molecule has 0 heterocycles. The van der Waals surface area contributed by atoms with Crippen LogP contribution in [0.15, 0.2) is 12.1 Å². The van der Waals surface area contributed by atoms with E-state index in [0.717, 1.165) is 12.1 Å². The average Bonchev–Trinajstić information content (AvgIpc) is 2.09. The average molecular weight is 183 g/mol. The summed E-state index contributed by atoms with van der Waals surface area (Å²) >= 11 is 0. The first-order valence-corrected chi connectivity index (χ1v) is 3.58. The second kappa shape index (κ2) is 3.40. The summed E-state index contributed by atoms with van der Waals surface area (Å²) in [6, 6.07) is 3.79. The molecule has 68 valence electrons. The number of nitrogens with zero attached hydrogens (tertiary/aromatic N) is 1. The number of aromatic hydroxyl groups is 1. The smallest absolute Gasteiger partial charge is 0.264 e. The molecule has 0 spiro atoms. The van der Waals surface area contributed by atoms with Crippen LogP contribution in [0.1, 0.15) is 23.1 Å². The summed E-state index contributed by atoms with van der Waals surface area (Å²) in [5.41, 5.74) is 0.0712. The molecule has 0 saturated heterocycles. The zero-order valence-electron chi connectivity index (χ0n) is 6.88. The first-order chi connectivity index (χ1) is 6.06. The molecule has 0 fully saturated rings. The highest BCUT2D eigenvalue weighted by Crippen LogP contribution is 2.27. The molecule has 0 bridgehead atoms. The Balaban J connectivity index is 3.32. The van der Waals surface area contributed by atoms with Crippen LogP contribution < -0.4 is 0 Å². The first-order valence-electron chi connectivity index (χ1n) is 3.58. The van der Waals surface area contributed by atoms with Crippen molar-refractivity contribution >= 4 is 0 Å². The summed E-state index contributed by atoms with van der Waals surface area (Å²) in [6.45, 7) is 1.50.